The lowest BCUT2D eigenvalue weighted by atomic mass is 10.0. The molecular weight excluding hydrogens is 220 g/mol. The van der Waals surface area contributed by atoms with Crippen molar-refractivity contribution in [3.63, 3.8) is 0 Å². The van der Waals surface area contributed by atoms with E-state index in [0.717, 1.165) is 6.04 Å². The predicted molar refractivity (Wildman–Crippen MR) is 79.0 cm³/mol. The van der Waals surface area contributed by atoms with Gasteiger partial charge in [0.2, 0.25) is 0 Å². The molecule has 18 heavy (non-hydrogen) atoms. The van der Waals surface area contributed by atoms with Gasteiger partial charge in [0.05, 0.1) is 0 Å². The second-order valence-corrected chi connectivity index (χ2v) is 5.58. The van der Waals surface area contributed by atoms with Crippen molar-refractivity contribution in [3.8, 4) is 0 Å². The van der Waals surface area contributed by atoms with Gasteiger partial charge in [-0.3, -0.25) is 0 Å². The summed E-state index contributed by atoms with van der Waals surface area (Å²) >= 11 is 0. The molecule has 2 nitrogen and oxygen atoms in total. The fourth-order valence-electron chi connectivity index (χ4n) is 3.08. The number of anilines is 1. The van der Waals surface area contributed by atoms with Gasteiger partial charge in [0, 0.05) is 25.3 Å². The van der Waals surface area contributed by atoms with Gasteiger partial charge in [-0.1, -0.05) is 37.8 Å². The van der Waals surface area contributed by atoms with Gasteiger partial charge < -0.3 is 10.6 Å². The molecule has 0 bridgehead atoms. The van der Waals surface area contributed by atoms with Gasteiger partial charge in [-0.15, -0.1) is 0 Å². The van der Waals surface area contributed by atoms with Crippen LogP contribution in [0.1, 0.15) is 49.7 Å². The van der Waals surface area contributed by atoms with Crippen LogP contribution in [-0.2, 0) is 6.54 Å². The van der Waals surface area contributed by atoms with Gasteiger partial charge >= 0.3 is 0 Å². The van der Waals surface area contributed by atoms with Crippen molar-refractivity contribution in [3.05, 3.63) is 29.3 Å². The molecule has 1 aromatic rings. The lowest BCUT2D eigenvalue weighted by Crippen LogP contribution is -2.31. The van der Waals surface area contributed by atoms with Crippen molar-refractivity contribution in [2.24, 2.45) is 5.73 Å². The van der Waals surface area contributed by atoms with Crippen molar-refractivity contribution in [1.82, 2.24) is 0 Å². The minimum Gasteiger partial charge on any atom is -0.371 e. The Balaban J connectivity index is 2.14. The first-order valence-corrected chi connectivity index (χ1v) is 7.25. The Morgan fingerprint density at radius 3 is 2.39 bits per heavy atom. The first-order chi connectivity index (χ1) is 8.72. The predicted octanol–water partition coefficient (Wildman–Crippen LogP) is 3.61. The van der Waals surface area contributed by atoms with Crippen LogP contribution < -0.4 is 10.6 Å². The van der Waals surface area contributed by atoms with Gasteiger partial charge in [-0.2, -0.15) is 0 Å². The van der Waals surface area contributed by atoms with Crippen molar-refractivity contribution < 1.29 is 0 Å². The Bertz CT molecular complexity index is 379. The number of hydrogen-bond donors (Lipinski definition) is 1. The highest BCUT2D eigenvalue weighted by atomic mass is 15.1. The summed E-state index contributed by atoms with van der Waals surface area (Å²) in [5.41, 5.74) is 9.65. The van der Waals surface area contributed by atoms with E-state index in [1.807, 2.05) is 0 Å². The summed E-state index contributed by atoms with van der Waals surface area (Å²) in [5.74, 6) is 0. The van der Waals surface area contributed by atoms with E-state index in [0.29, 0.717) is 6.54 Å². The van der Waals surface area contributed by atoms with E-state index in [-0.39, 0.29) is 0 Å². The lowest BCUT2D eigenvalue weighted by molar-refractivity contribution is 0.552. The topological polar surface area (TPSA) is 29.3 Å². The zero-order valence-electron chi connectivity index (χ0n) is 11.8. The van der Waals surface area contributed by atoms with Crippen LogP contribution in [0.4, 0.5) is 5.69 Å². The molecule has 0 aromatic heterocycles. The zero-order chi connectivity index (χ0) is 13.0. The van der Waals surface area contributed by atoms with E-state index in [4.69, 9.17) is 5.73 Å². The van der Waals surface area contributed by atoms with Crippen molar-refractivity contribution in [2.45, 2.75) is 58.0 Å². The summed E-state index contributed by atoms with van der Waals surface area (Å²) in [6.07, 6.45) is 8.28. The normalized spacial score (nSPS) is 17.5. The molecule has 0 heterocycles. The number of hydrogen-bond acceptors (Lipinski definition) is 2. The van der Waals surface area contributed by atoms with Crippen LogP contribution in [0.25, 0.3) is 0 Å². The molecule has 2 rings (SSSR count). The van der Waals surface area contributed by atoms with E-state index in [9.17, 15) is 0 Å². The van der Waals surface area contributed by atoms with E-state index in [1.54, 1.807) is 0 Å². The molecule has 1 aliphatic carbocycles. The fourth-order valence-corrected chi connectivity index (χ4v) is 3.08. The number of benzene rings is 1. The smallest absolute Gasteiger partial charge is 0.0396 e. The first-order valence-electron chi connectivity index (χ1n) is 7.25. The largest absolute Gasteiger partial charge is 0.371 e. The molecule has 0 radical (unpaired) electrons. The molecule has 0 atom stereocenters. The van der Waals surface area contributed by atoms with Gasteiger partial charge in [0.1, 0.15) is 0 Å². The van der Waals surface area contributed by atoms with E-state index in [2.05, 4.69) is 37.1 Å². The Morgan fingerprint density at radius 1 is 1.17 bits per heavy atom. The van der Waals surface area contributed by atoms with Gasteiger partial charge in [-0.25, -0.2) is 0 Å². The van der Waals surface area contributed by atoms with Crippen LogP contribution in [0.2, 0.25) is 0 Å². The lowest BCUT2D eigenvalue weighted by Gasteiger charge is -2.30. The molecule has 2 N–H and O–H groups in total. The van der Waals surface area contributed by atoms with Crippen molar-refractivity contribution in [1.29, 1.82) is 0 Å². The summed E-state index contributed by atoms with van der Waals surface area (Å²) < 4.78 is 0. The number of aryl methyl sites for hydroxylation is 1. The van der Waals surface area contributed by atoms with E-state index < -0.39 is 0 Å². The standard InChI is InChI=1S/C16H26N2/c1-13-11-14(12-17)9-10-16(13)18(2)15-7-5-3-4-6-8-15/h9-11,15H,3-8,12,17H2,1-2H3. The maximum absolute atomic E-state index is 5.69. The Kier molecular flexibility index (Phi) is 4.65. The molecule has 0 saturated heterocycles. The molecule has 0 spiro atoms. The molecule has 2 heteroatoms. The summed E-state index contributed by atoms with van der Waals surface area (Å²) in [5, 5.41) is 0. The van der Waals surface area contributed by atoms with E-state index in [1.165, 1.54) is 55.3 Å². The number of nitrogens with zero attached hydrogens (tertiary/aromatic N) is 1. The highest BCUT2D eigenvalue weighted by Gasteiger charge is 2.18. The SMILES string of the molecule is Cc1cc(CN)ccc1N(C)C1CCCCCC1. The summed E-state index contributed by atoms with van der Waals surface area (Å²) in [6.45, 7) is 2.83. The molecule has 1 saturated carbocycles. The van der Waals surface area contributed by atoms with Crippen molar-refractivity contribution >= 4 is 5.69 Å². The second-order valence-electron chi connectivity index (χ2n) is 5.58. The van der Waals surface area contributed by atoms with Crippen LogP contribution in [0.15, 0.2) is 18.2 Å². The molecule has 1 aliphatic rings. The molecule has 1 fully saturated rings. The third-order valence-electron chi connectivity index (χ3n) is 4.25. The average Bonchev–Trinajstić information content (AvgIpc) is 2.66. The number of nitrogens with two attached hydrogens (primary N) is 1. The molecular formula is C16H26N2. The Labute approximate surface area is 111 Å². The molecule has 0 aliphatic heterocycles. The molecule has 0 unspecified atom stereocenters. The van der Waals surface area contributed by atoms with Crippen molar-refractivity contribution in [2.75, 3.05) is 11.9 Å². The fraction of sp³-hybridized carbons (Fsp3) is 0.625. The van der Waals surface area contributed by atoms with Gasteiger partial charge in [0.15, 0.2) is 0 Å². The minimum atomic E-state index is 0.633. The average molecular weight is 246 g/mol. The molecule has 100 valence electrons. The molecule has 0 amide bonds. The van der Waals surface area contributed by atoms with Crippen LogP contribution in [0.3, 0.4) is 0 Å². The third-order valence-corrected chi connectivity index (χ3v) is 4.25. The first kappa shape index (κ1) is 13.4. The Morgan fingerprint density at radius 2 is 1.83 bits per heavy atom. The Hall–Kier alpha value is -1.02. The highest BCUT2D eigenvalue weighted by Crippen LogP contribution is 2.28. The summed E-state index contributed by atoms with van der Waals surface area (Å²) in [7, 11) is 2.25. The second kappa shape index (κ2) is 6.24. The van der Waals surface area contributed by atoms with Crippen LogP contribution in [0, 0.1) is 6.92 Å². The highest BCUT2D eigenvalue weighted by molar-refractivity contribution is 5.54. The maximum atomic E-state index is 5.69. The quantitative estimate of drug-likeness (QED) is 0.825. The summed E-state index contributed by atoms with van der Waals surface area (Å²) in [4.78, 5) is 2.49. The number of rotatable bonds is 3. The molecule has 1 aromatic carbocycles. The summed E-state index contributed by atoms with van der Waals surface area (Å²) in [6, 6.07) is 7.34. The minimum absolute atomic E-state index is 0.633. The monoisotopic (exact) mass is 246 g/mol. The van der Waals surface area contributed by atoms with E-state index >= 15 is 0 Å². The zero-order valence-corrected chi connectivity index (χ0v) is 11.8. The van der Waals surface area contributed by atoms with Crippen LogP contribution >= 0.6 is 0 Å². The maximum Gasteiger partial charge on any atom is 0.0396 e. The third kappa shape index (κ3) is 3.05. The van der Waals surface area contributed by atoms with Crippen LogP contribution in [0.5, 0.6) is 0 Å². The van der Waals surface area contributed by atoms with Gasteiger partial charge in [-0.05, 0) is 37.0 Å². The van der Waals surface area contributed by atoms with Gasteiger partial charge in [0.25, 0.3) is 0 Å². The van der Waals surface area contributed by atoms with Crippen LogP contribution in [-0.4, -0.2) is 13.1 Å².